The van der Waals surface area contributed by atoms with Gasteiger partial charge in [0.2, 0.25) is 0 Å². The quantitative estimate of drug-likeness (QED) is 0.439. The molecule has 1 aliphatic heterocycles. The second kappa shape index (κ2) is 8.67. The van der Waals surface area contributed by atoms with Gasteiger partial charge in [0.1, 0.15) is 0 Å². The summed E-state index contributed by atoms with van der Waals surface area (Å²) >= 11 is 0. The molecule has 0 N–H and O–H groups in total. The van der Waals surface area contributed by atoms with Gasteiger partial charge in [-0.3, -0.25) is 14.5 Å². The molecule has 0 radical (unpaired) electrons. The van der Waals surface area contributed by atoms with Gasteiger partial charge < -0.3 is 9.64 Å². The van der Waals surface area contributed by atoms with Crippen LogP contribution in [0.4, 0.5) is 5.69 Å². The Balaban J connectivity index is 1.71. The van der Waals surface area contributed by atoms with Crippen LogP contribution in [-0.4, -0.2) is 56.5 Å². The number of anilines is 1. The lowest BCUT2D eigenvalue weighted by molar-refractivity contribution is -0.140. The molecule has 23 heavy (non-hydrogen) atoms. The summed E-state index contributed by atoms with van der Waals surface area (Å²) in [6, 6.07) is 7.86. The molecule has 0 atom stereocenters. The van der Waals surface area contributed by atoms with E-state index in [9.17, 15) is 9.59 Å². The summed E-state index contributed by atoms with van der Waals surface area (Å²) < 4.78 is 4.65. The van der Waals surface area contributed by atoms with E-state index in [-0.39, 0.29) is 11.8 Å². The highest BCUT2D eigenvalue weighted by atomic mass is 16.5. The molecule has 0 aliphatic carbocycles. The number of hydrogen-bond acceptors (Lipinski definition) is 5. The number of benzene rings is 1. The number of ether oxygens (including phenoxy) is 1. The molecule has 0 bridgehead atoms. The standard InChI is InChI=1S/C18H26N2O3/c1-15(21)16-6-8-17(9-7-16)20-13-11-19(12-14-20)10-4-3-5-18(22)23-2/h6-9H,3-5,10-14H2,1-2H3. The number of carbonyl (C=O) groups is 2. The van der Waals surface area contributed by atoms with Gasteiger partial charge in [-0.2, -0.15) is 0 Å². The summed E-state index contributed by atoms with van der Waals surface area (Å²) in [7, 11) is 1.44. The molecule has 1 heterocycles. The highest BCUT2D eigenvalue weighted by Gasteiger charge is 2.17. The molecule has 0 saturated carbocycles. The Bertz CT molecular complexity index is 520. The monoisotopic (exact) mass is 318 g/mol. The van der Waals surface area contributed by atoms with Crippen molar-refractivity contribution >= 4 is 17.4 Å². The Kier molecular flexibility index (Phi) is 6.59. The van der Waals surface area contributed by atoms with Crippen LogP contribution in [0.5, 0.6) is 0 Å². The zero-order valence-electron chi connectivity index (χ0n) is 14.1. The Hall–Kier alpha value is -1.88. The highest BCUT2D eigenvalue weighted by Crippen LogP contribution is 2.18. The van der Waals surface area contributed by atoms with Gasteiger partial charge >= 0.3 is 5.97 Å². The van der Waals surface area contributed by atoms with Gasteiger partial charge in [-0.05, 0) is 50.6 Å². The van der Waals surface area contributed by atoms with E-state index < -0.39 is 0 Å². The van der Waals surface area contributed by atoms with Crippen LogP contribution in [0.25, 0.3) is 0 Å². The number of piperazine rings is 1. The van der Waals surface area contributed by atoms with E-state index in [1.807, 2.05) is 24.3 Å². The number of nitrogens with zero attached hydrogens (tertiary/aromatic N) is 2. The Labute approximate surface area is 138 Å². The Morgan fingerprint density at radius 2 is 1.70 bits per heavy atom. The molecule has 0 unspecified atom stereocenters. The lowest BCUT2D eigenvalue weighted by atomic mass is 10.1. The first-order valence-electron chi connectivity index (χ1n) is 8.25. The molecule has 5 heteroatoms. The predicted octanol–water partition coefficient (Wildman–Crippen LogP) is 2.35. The number of unbranched alkanes of at least 4 members (excludes halogenated alkanes) is 1. The summed E-state index contributed by atoms with van der Waals surface area (Å²) in [6.45, 7) is 6.69. The fraction of sp³-hybridized carbons (Fsp3) is 0.556. The number of methoxy groups -OCH3 is 1. The molecule has 1 saturated heterocycles. The van der Waals surface area contributed by atoms with Gasteiger partial charge in [0.25, 0.3) is 0 Å². The van der Waals surface area contributed by atoms with Crippen LogP contribution in [0.3, 0.4) is 0 Å². The Morgan fingerprint density at radius 3 is 2.26 bits per heavy atom. The van der Waals surface area contributed by atoms with Crippen LogP contribution in [0.1, 0.15) is 36.5 Å². The van der Waals surface area contributed by atoms with Crippen molar-refractivity contribution in [2.45, 2.75) is 26.2 Å². The first-order chi connectivity index (χ1) is 11.1. The van der Waals surface area contributed by atoms with Gasteiger partial charge in [-0.25, -0.2) is 0 Å². The molecule has 5 nitrogen and oxygen atoms in total. The van der Waals surface area contributed by atoms with E-state index >= 15 is 0 Å². The van der Waals surface area contributed by atoms with E-state index in [0.29, 0.717) is 6.42 Å². The van der Waals surface area contributed by atoms with Crippen LogP contribution in [-0.2, 0) is 9.53 Å². The molecule has 0 amide bonds. The third kappa shape index (κ3) is 5.36. The van der Waals surface area contributed by atoms with Crippen molar-refractivity contribution in [3.8, 4) is 0 Å². The molecule has 1 fully saturated rings. The normalized spacial score (nSPS) is 15.5. The van der Waals surface area contributed by atoms with Crippen molar-refractivity contribution in [1.29, 1.82) is 0 Å². The molecular formula is C18H26N2O3. The lowest BCUT2D eigenvalue weighted by Gasteiger charge is -2.36. The van der Waals surface area contributed by atoms with Crippen molar-refractivity contribution in [1.82, 2.24) is 4.90 Å². The Morgan fingerprint density at radius 1 is 1.04 bits per heavy atom. The van der Waals surface area contributed by atoms with E-state index in [2.05, 4.69) is 14.5 Å². The lowest BCUT2D eigenvalue weighted by Crippen LogP contribution is -2.46. The first-order valence-corrected chi connectivity index (χ1v) is 8.25. The molecule has 1 aromatic carbocycles. The summed E-state index contributed by atoms with van der Waals surface area (Å²) in [5.41, 5.74) is 1.94. The maximum atomic E-state index is 11.3. The zero-order chi connectivity index (χ0) is 16.7. The topological polar surface area (TPSA) is 49.9 Å². The van der Waals surface area contributed by atoms with Crippen molar-refractivity contribution < 1.29 is 14.3 Å². The zero-order valence-corrected chi connectivity index (χ0v) is 14.1. The third-order valence-corrected chi connectivity index (χ3v) is 4.34. The second-order valence-electron chi connectivity index (χ2n) is 5.96. The van der Waals surface area contributed by atoms with Crippen LogP contribution in [0.2, 0.25) is 0 Å². The fourth-order valence-corrected chi connectivity index (χ4v) is 2.84. The fourth-order valence-electron chi connectivity index (χ4n) is 2.84. The predicted molar refractivity (Wildman–Crippen MR) is 91.0 cm³/mol. The maximum absolute atomic E-state index is 11.3. The van der Waals surface area contributed by atoms with Gasteiger partial charge in [0.05, 0.1) is 7.11 Å². The van der Waals surface area contributed by atoms with Gasteiger partial charge in [0.15, 0.2) is 5.78 Å². The van der Waals surface area contributed by atoms with Crippen LogP contribution < -0.4 is 4.90 Å². The van der Waals surface area contributed by atoms with Crippen LogP contribution in [0.15, 0.2) is 24.3 Å². The smallest absolute Gasteiger partial charge is 0.305 e. The number of Topliss-reactive ketones (excluding diaryl/α,β-unsaturated/α-hetero) is 1. The van der Waals surface area contributed by atoms with E-state index in [0.717, 1.165) is 51.1 Å². The second-order valence-corrected chi connectivity index (χ2v) is 5.96. The minimum atomic E-state index is -0.121. The molecule has 1 aromatic rings. The molecular weight excluding hydrogens is 292 g/mol. The largest absolute Gasteiger partial charge is 0.469 e. The number of hydrogen-bond donors (Lipinski definition) is 0. The minimum Gasteiger partial charge on any atom is -0.469 e. The minimum absolute atomic E-state index is 0.105. The molecule has 1 aliphatic rings. The third-order valence-electron chi connectivity index (χ3n) is 4.34. The van der Waals surface area contributed by atoms with Crippen molar-refractivity contribution in [2.24, 2.45) is 0 Å². The summed E-state index contributed by atoms with van der Waals surface area (Å²) in [6.07, 6.45) is 2.43. The number of ketones is 1. The van der Waals surface area contributed by atoms with E-state index in [4.69, 9.17) is 0 Å². The SMILES string of the molecule is COC(=O)CCCCN1CCN(c2ccc(C(C)=O)cc2)CC1. The summed E-state index contributed by atoms with van der Waals surface area (Å²) in [5, 5.41) is 0. The van der Waals surface area contributed by atoms with Gasteiger partial charge in [-0.15, -0.1) is 0 Å². The van der Waals surface area contributed by atoms with E-state index in [1.165, 1.54) is 12.8 Å². The summed E-state index contributed by atoms with van der Waals surface area (Å²) in [5.74, 6) is -0.0165. The van der Waals surface area contributed by atoms with Gasteiger partial charge in [-0.1, -0.05) is 0 Å². The number of rotatable bonds is 7. The molecule has 0 aromatic heterocycles. The van der Waals surface area contributed by atoms with Crippen molar-refractivity contribution in [3.05, 3.63) is 29.8 Å². The average Bonchev–Trinajstić information content (AvgIpc) is 2.59. The van der Waals surface area contributed by atoms with Gasteiger partial charge in [0, 0.05) is 43.9 Å². The highest BCUT2D eigenvalue weighted by molar-refractivity contribution is 5.94. The van der Waals surface area contributed by atoms with E-state index in [1.54, 1.807) is 6.92 Å². The van der Waals surface area contributed by atoms with Crippen molar-refractivity contribution in [2.75, 3.05) is 44.7 Å². The maximum Gasteiger partial charge on any atom is 0.305 e. The average molecular weight is 318 g/mol. The van der Waals surface area contributed by atoms with Crippen LogP contribution in [0, 0.1) is 0 Å². The number of carbonyl (C=O) groups excluding carboxylic acids is 2. The molecule has 2 rings (SSSR count). The summed E-state index contributed by atoms with van der Waals surface area (Å²) in [4.78, 5) is 27.2. The molecule has 126 valence electrons. The first kappa shape index (κ1) is 17.5. The molecule has 0 spiro atoms. The van der Waals surface area contributed by atoms with Crippen molar-refractivity contribution in [3.63, 3.8) is 0 Å². The van der Waals surface area contributed by atoms with Crippen LogP contribution >= 0.6 is 0 Å². The number of esters is 1.